The second kappa shape index (κ2) is 12.3. The smallest absolute Gasteiger partial charge is 0.229 e. The van der Waals surface area contributed by atoms with E-state index in [0.29, 0.717) is 6.61 Å². The van der Waals surface area contributed by atoms with E-state index in [1.807, 2.05) is 54.6 Å². The number of rotatable bonds is 10. The molecule has 0 atom stereocenters. The summed E-state index contributed by atoms with van der Waals surface area (Å²) in [5.74, 6) is 4.17. The largest absolute Gasteiger partial charge is 0.493 e. The predicted octanol–water partition coefficient (Wildman–Crippen LogP) is 5.95. The molecule has 188 valence electrons. The van der Waals surface area contributed by atoms with Crippen LogP contribution >= 0.6 is 23.4 Å². The van der Waals surface area contributed by atoms with Crippen molar-refractivity contribution in [1.29, 1.82) is 0 Å². The number of anilines is 3. The van der Waals surface area contributed by atoms with E-state index >= 15 is 0 Å². The molecular weight excluding hydrogens is 492 g/mol. The molecule has 0 amide bonds. The summed E-state index contributed by atoms with van der Waals surface area (Å²) in [6, 6.07) is 17.8. The van der Waals surface area contributed by atoms with E-state index < -0.39 is 0 Å². The molecule has 0 spiro atoms. The van der Waals surface area contributed by atoms with Crippen molar-refractivity contribution < 1.29 is 4.74 Å². The highest BCUT2D eigenvalue weighted by molar-refractivity contribution is 7.99. The Morgan fingerprint density at radius 3 is 2.47 bits per heavy atom. The molecule has 3 heterocycles. The summed E-state index contributed by atoms with van der Waals surface area (Å²) in [5.41, 5.74) is 4.08. The average molecular weight is 523 g/mol. The fraction of sp³-hybridized carbons (Fsp3) is 0.370. The van der Waals surface area contributed by atoms with Gasteiger partial charge in [0, 0.05) is 47.9 Å². The summed E-state index contributed by atoms with van der Waals surface area (Å²) < 4.78 is 5.94. The van der Waals surface area contributed by atoms with Gasteiger partial charge in [0.2, 0.25) is 5.95 Å². The van der Waals surface area contributed by atoms with Gasteiger partial charge in [-0.2, -0.15) is 15.1 Å². The molecule has 9 heteroatoms. The Kier molecular flexibility index (Phi) is 8.46. The summed E-state index contributed by atoms with van der Waals surface area (Å²) in [6.07, 6.45) is 6.60. The molecule has 2 fully saturated rings. The number of ether oxygens (including phenoxy) is 1. The molecule has 0 saturated carbocycles. The Morgan fingerprint density at radius 2 is 1.69 bits per heavy atom. The Bertz CT molecular complexity index is 1130. The minimum atomic E-state index is 0.617. The van der Waals surface area contributed by atoms with E-state index in [2.05, 4.69) is 20.3 Å². The lowest BCUT2D eigenvalue weighted by atomic mass is 10.2. The zero-order valence-corrected chi connectivity index (χ0v) is 21.8. The highest BCUT2D eigenvalue weighted by Crippen LogP contribution is 2.26. The Labute approximate surface area is 221 Å². The fourth-order valence-corrected chi connectivity index (χ4v) is 5.21. The van der Waals surface area contributed by atoms with Crippen LogP contribution in [0.4, 0.5) is 17.6 Å². The normalized spacial score (nSPS) is 15.7. The van der Waals surface area contributed by atoms with Crippen LogP contribution < -0.4 is 20.0 Å². The lowest BCUT2D eigenvalue weighted by Crippen LogP contribution is -2.24. The molecule has 0 aliphatic carbocycles. The molecule has 2 aliphatic rings. The van der Waals surface area contributed by atoms with E-state index in [9.17, 15) is 0 Å². The van der Waals surface area contributed by atoms with Gasteiger partial charge < -0.3 is 14.5 Å². The highest BCUT2D eigenvalue weighted by atomic mass is 35.5. The molecule has 1 aromatic heterocycles. The van der Waals surface area contributed by atoms with Crippen LogP contribution in [0, 0.1) is 0 Å². The third-order valence-corrected chi connectivity index (χ3v) is 7.43. The number of nitrogens with one attached hydrogen (secondary N) is 1. The van der Waals surface area contributed by atoms with Crippen molar-refractivity contribution in [3.05, 3.63) is 65.2 Å². The molecule has 5 rings (SSSR count). The van der Waals surface area contributed by atoms with Crippen molar-refractivity contribution in [3.8, 4) is 5.75 Å². The quantitative estimate of drug-likeness (QED) is 0.153. The molecule has 7 nitrogen and oxygen atoms in total. The number of halogens is 1. The van der Waals surface area contributed by atoms with Crippen LogP contribution in [0.3, 0.4) is 0 Å². The molecule has 0 radical (unpaired) electrons. The highest BCUT2D eigenvalue weighted by Gasteiger charge is 2.20. The van der Waals surface area contributed by atoms with Crippen LogP contribution in [0.15, 0.2) is 64.6 Å². The van der Waals surface area contributed by atoms with Crippen molar-refractivity contribution in [2.75, 3.05) is 53.8 Å². The number of hydrazone groups is 1. The zero-order chi connectivity index (χ0) is 24.6. The van der Waals surface area contributed by atoms with E-state index in [1.54, 1.807) is 18.0 Å². The van der Waals surface area contributed by atoms with E-state index in [1.165, 1.54) is 30.6 Å². The second-order valence-electron chi connectivity index (χ2n) is 8.89. The minimum absolute atomic E-state index is 0.617. The van der Waals surface area contributed by atoms with Crippen molar-refractivity contribution >= 4 is 47.2 Å². The van der Waals surface area contributed by atoms with Crippen molar-refractivity contribution in [2.24, 2.45) is 5.10 Å². The average Bonchev–Trinajstić information content (AvgIpc) is 3.63. The summed E-state index contributed by atoms with van der Waals surface area (Å²) in [6.45, 7) is 4.73. The topological polar surface area (TPSA) is 65.9 Å². The minimum Gasteiger partial charge on any atom is -0.493 e. The van der Waals surface area contributed by atoms with Crippen LogP contribution in [0.5, 0.6) is 5.75 Å². The van der Waals surface area contributed by atoms with Gasteiger partial charge in [-0.05, 0) is 67.6 Å². The number of thioether (sulfide) groups is 1. The second-order valence-corrected chi connectivity index (χ2v) is 10.5. The summed E-state index contributed by atoms with van der Waals surface area (Å²) >= 11 is 7.69. The molecule has 1 N–H and O–H groups in total. The van der Waals surface area contributed by atoms with Gasteiger partial charge >= 0.3 is 0 Å². The first-order valence-corrected chi connectivity index (χ1v) is 13.9. The first-order chi connectivity index (χ1) is 17.7. The van der Waals surface area contributed by atoms with Gasteiger partial charge in [-0.15, -0.1) is 11.8 Å². The maximum Gasteiger partial charge on any atom is 0.229 e. The lowest BCUT2D eigenvalue weighted by molar-refractivity contribution is 0.344. The maximum absolute atomic E-state index is 5.95. The third kappa shape index (κ3) is 6.83. The molecule has 2 aromatic carbocycles. The number of hydrogen-bond donors (Lipinski definition) is 1. The first-order valence-electron chi connectivity index (χ1n) is 12.5. The molecule has 0 bridgehead atoms. The molecular formula is C27H31ClN6OS. The van der Waals surface area contributed by atoms with Gasteiger partial charge in [-0.1, -0.05) is 23.7 Å². The van der Waals surface area contributed by atoms with Crippen LogP contribution in [0.25, 0.3) is 0 Å². The maximum atomic E-state index is 5.95. The molecule has 3 aromatic rings. The van der Waals surface area contributed by atoms with Crippen molar-refractivity contribution in [2.45, 2.75) is 30.6 Å². The SMILES string of the molecule is Clc1ccc(SCCOc2cccc(/C=N/Nc3cc(N4CCCC4)nc(N4CCCC4)n3)c2)cc1. The van der Waals surface area contributed by atoms with Crippen LogP contribution in [-0.2, 0) is 0 Å². The van der Waals surface area contributed by atoms with Crippen molar-refractivity contribution in [1.82, 2.24) is 9.97 Å². The van der Waals surface area contributed by atoms with Crippen molar-refractivity contribution in [3.63, 3.8) is 0 Å². The standard InChI is InChI=1S/C27H31ClN6OS/c28-22-8-10-24(11-9-22)36-17-16-35-23-7-5-6-21(18-23)20-29-32-25-19-26(33-12-1-2-13-33)31-27(30-25)34-14-3-4-15-34/h5-11,18-20H,1-4,12-17H2,(H,30,31,32)/b29-20+. The molecule has 2 aliphatic heterocycles. The van der Waals surface area contributed by atoms with E-state index in [0.717, 1.165) is 65.9 Å². The Balaban J connectivity index is 1.18. The van der Waals surface area contributed by atoms with Crippen LogP contribution in [0.2, 0.25) is 5.02 Å². The van der Waals surface area contributed by atoms with E-state index in [-0.39, 0.29) is 0 Å². The summed E-state index contributed by atoms with van der Waals surface area (Å²) in [5, 5.41) is 5.21. The first kappa shape index (κ1) is 24.7. The van der Waals surface area contributed by atoms with Gasteiger partial charge in [0.25, 0.3) is 0 Å². The van der Waals surface area contributed by atoms with E-state index in [4.69, 9.17) is 26.3 Å². The van der Waals surface area contributed by atoms with Gasteiger partial charge in [-0.25, -0.2) is 0 Å². The van der Waals surface area contributed by atoms with Gasteiger partial charge in [0.15, 0.2) is 5.82 Å². The number of nitrogens with zero attached hydrogens (tertiary/aromatic N) is 5. The molecule has 36 heavy (non-hydrogen) atoms. The van der Waals surface area contributed by atoms with Crippen LogP contribution in [0.1, 0.15) is 31.2 Å². The fourth-order valence-electron chi connectivity index (χ4n) is 4.35. The monoisotopic (exact) mass is 522 g/mol. The number of benzene rings is 2. The summed E-state index contributed by atoms with van der Waals surface area (Å²) in [4.78, 5) is 15.4. The number of hydrogen-bond acceptors (Lipinski definition) is 8. The van der Waals surface area contributed by atoms with Gasteiger partial charge in [0.05, 0.1) is 12.8 Å². The lowest BCUT2D eigenvalue weighted by Gasteiger charge is -2.21. The molecule has 2 saturated heterocycles. The zero-order valence-electron chi connectivity index (χ0n) is 20.3. The molecule has 0 unspecified atom stereocenters. The predicted molar refractivity (Wildman–Crippen MR) is 150 cm³/mol. The summed E-state index contributed by atoms with van der Waals surface area (Å²) in [7, 11) is 0. The third-order valence-electron chi connectivity index (χ3n) is 6.21. The Morgan fingerprint density at radius 1 is 0.944 bits per heavy atom. The number of aromatic nitrogens is 2. The van der Waals surface area contributed by atoms with Gasteiger partial charge in [0.1, 0.15) is 11.6 Å². The van der Waals surface area contributed by atoms with Crippen LogP contribution in [-0.4, -0.2) is 54.7 Å². The van der Waals surface area contributed by atoms with Gasteiger partial charge in [-0.3, -0.25) is 5.43 Å². The Hall–Kier alpha value is -2.97.